The summed E-state index contributed by atoms with van der Waals surface area (Å²) >= 11 is 1.72. The van der Waals surface area contributed by atoms with Gasteiger partial charge in [0.2, 0.25) is 0 Å². The molecule has 0 aromatic carbocycles. The first-order valence-electron chi connectivity index (χ1n) is 5.18. The predicted octanol–water partition coefficient (Wildman–Crippen LogP) is 1.55. The lowest BCUT2D eigenvalue weighted by Gasteiger charge is -2.12. The normalized spacial score (nSPS) is 13.9. The fourth-order valence-electron chi connectivity index (χ4n) is 1.41. The summed E-state index contributed by atoms with van der Waals surface area (Å²) in [6, 6.07) is 4.42. The van der Waals surface area contributed by atoms with E-state index in [1.807, 2.05) is 11.4 Å². The zero-order chi connectivity index (χ0) is 12.0. The molecule has 1 heterocycles. The van der Waals surface area contributed by atoms with Crippen LogP contribution in [0.2, 0.25) is 0 Å². The molecule has 92 valence electrons. The van der Waals surface area contributed by atoms with Crippen LogP contribution in [-0.2, 0) is 16.5 Å². The summed E-state index contributed by atoms with van der Waals surface area (Å²) in [5.74, 6) is -0.175. The molecular formula is C10H17NO3S2. The molecular weight excluding hydrogens is 246 g/mol. The number of hydrogen-bond donors (Lipinski definition) is 2. The van der Waals surface area contributed by atoms with Gasteiger partial charge < -0.3 is 5.32 Å². The Hall–Kier alpha value is -0.430. The van der Waals surface area contributed by atoms with Crippen molar-refractivity contribution in [3.63, 3.8) is 0 Å². The van der Waals surface area contributed by atoms with E-state index in [2.05, 4.69) is 18.3 Å². The van der Waals surface area contributed by atoms with Crippen LogP contribution in [0.3, 0.4) is 0 Å². The molecule has 0 radical (unpaired) electrons. The van der Waals surface area contributed by atoms with Crippen molar-refractivity contribution in [2.24, 2.45) is 0 Å². The fourth-order valence-corrected chi connectivity index (χ4v) is 2.75. The lowest BCUT2D eigenvalue weighted by Crippen LogP contribution is -2.29. The Morgan fingerprint density at radius 3 is 2.88 bits per heavy atom. The van der Waals surface area contributed by atoms with E-state index in [4.69, 9.17) is 4.55 Å². The Balaban J connectivity index is 2.14. The second kappa shape index (κ2) is 6.34. The summed E-state index contributed by atoms with van der Waals surface area (Å²) < 4.78 is 29.5. The monoisotopic (exact) mass is 263 g/mol. The van der Waals surface area contributed by atoms with Gasteiger partial charge >= 0.3 is 0 Å². The van der Waals surface area contributed by atoms with Crippen molar-refractivity contribution >= 4 is 21.5 Å². The summed E-state index contributed by atoms with van der Waals surface area (Å²) in [6.07, 6.45) is 1.39. The third kappa shape index (κ3) is 6.22. The molecule has 0 aliphatic carbocycles. The van der Waals surface area contributed by atoms with Crippen LogP contribution >= 0.6 is 11.3 Å². The first-order valence-corrected chi connectivity index (χ1v) is 7.67. The summed E-state index contributed by atoms with van der Waals surface area (Å²) in [4.78, 5) is 1.31. The number of hydrogen-bond acceptors (Lipinski definition) is 4. The number of rotatable bonds is 7. The van der Waals surface area contributed by atoms with E-state index >= 15 is 0 Å². The Labute approximate surface area is 100 Å². The summed E-state index contributed by atoms with van der Waals surface area (Å²) in [5, 5.41) is 5.27. The predicted molar refractivity (Wildman–Crippen MR) is 66.5 cm³/mol. The van der Waals surface area contributed by atoms with Crippen molar-refractivity contribution in [2.75, 3.05) is 12.3 Å². The Morgan fingerprint density at radius 2 is 2.31 bits per heavy atom. The molecule has 0 aliphatic rings. The molecule has 1 aromatic heterocycles. The summed E-state index contributed by atoms with van der Waals surface area (Å²) in [5.41, 5.74) is 0. The molecule has 0 spiro atoms. The molecule has 0 saturated carbocycles. The van der Waals surface area contributed by atoms with Gasteiger partial charge in [-0.1, -0.05) is 6.07 Å². The second-order valence-electron chi connectivity index (χ2n) is 3.78. The molecule has 0 saturated heterocycles. The van der Waals surface area contributed by atoms with E-state index in [9.17, 15) is 8.42 Å². The SMILES string of the molecule is CC(Cc1cccs1)NCCCS(=O)(=O)O. The third-order valence-corrected chi connectivity index (χ3v) is 3.86. The molecule has 6 heteroatoms. The Morgan fingerprint density at radius 1 is 1.56 bits per heavy atom. The molecule has 2 N–H and O–H groups in total. The molecule has 0 fully saturated rings. The first kappa shape index (κ1) is 13.6. The lowest BCUT2D eigenvalue weighted by molar-refractivity contribution is 0.476. The summed E-state index contributed by atoms with van der Waals surface area (Å²) in [6.45, 7) is 2.67. The van der Waals surface area contributed by atoms with Crippen molar-refractivity contribution in [1.29, 1.82) is 0 Å². The highest BCUT2D eigenvalue weighted by Crippen LogP contribution is 2.10. The zero-order valence-corrected chi connectivity index (χ0v) is 10.9. The van der Waals surface area contributed by atoms with Gasteiger partial charge in [0.25, 0.3) is 10.1 Å². The van der Waals surface area contributed by atoms with Crippen molar-refractivity contribution in [2.45, 2.75) is 25.8 Å². The minimum absolute atomic E-state index is 0.175. The standard InChI is InChI=1S/C10H17NO3S2/c1-9(8-10-4-2-6-15-10)11-5-3-7-16(12,13)14/h2,4,6,9,11H,3,5,7-8H2,1H3,(H,12,13,14). The first-order chi connectivity index (χ1) is 7.47. The van der Waals surface area contributed by atoms with Crippen molar-refractivity contribution in [3.8, 4) is 0 Å². The largest absolute Gasteiger partial charge is 0.314 e. The van der Waals surface area contributed by atoms with Crippen LogP contribution in [0.25, 0.3) is 0 Å². The van der Waals surface area contributed by atoms with E-state index in [-0.39, 0.29) is 5.75 Å². The van der Waals surface area contributed by atoms with Gasteiger partial charge in [0.05, 0.1) is 5.75 Å². The van der Waals surface area contributed by atoms with Crippen molar-refractivity contribution < 1.29 is 13.0 Å². The molecule has 0 amide bonds. The van der Waals surface area contributed by atoms with Gasteiger partial charge in [-0.15, -0.1) is 11.3 Å². The van der Waals surface area contributed by atoms with E-state index in [1.165, 1.54) is 4.88 Å². The van der Waals surface area contributed by atoms with Crippen molar-refractivity contribution in [1.82, 2.24) is 5.32 Å². The Bertz CT molecular complexity index is 386. The molecule has 0 bridgehead atoms. The quantitative estimate of drug-likeness (QED) is 0.578. The minimum atomic E-state index is -3.81. The maximum Gasteiger partial charge on any atom is 0.264 e. The molecule has 1 atom stereocenters. The Kier molecular flexibility index (Phi) is 5.40. The molecule has 0 aliphatic heterocycles. The van der Waals surface area contributed by atoms with Gasteiger partial charge in [0.1, 0.15) is 0 Å². The van der Waals surface area contributed by atoms with Gasteiger partial charge in [0.15, 0.2) is 0 Å². The second-order valence-corrected chi connectivity index (χ2v) is 6.38. The van der Waals surface area contributed by atoms with E-state index < -0.39 is 10.1 Å². The highest BCUT2D eigenvalue weighted by molar-refractivity contribution is 7.85. The highest BCUT2D eigenvalue weighted by Gasteiger charge is 2.06. The maximum absolute atomic E-state index is 10.5. The van der Waals surface area contributed by atoms with Crippen LogP contribution in [0.4, 0.5) is 0 Å². The van der Waals surface area contributed by atoms with E-state index in [1.54, 1.807) is 11.3 Å². The fraction of sp³-hybridized carbons (Fsp3) is 0.600. The molecule has 1 rings (SSSR count). The van der Waals surface area contributed by atoms with Gasteiger partial charge in [-0.25, -0.2) is 0 Å². The van der Waals surface area contributed by atoms with Crippen LogP contribution < -0.4 is 5.32 Å². The topological polar surface area (TPSA) is 66.4 Å². The summed E-state index contributed by atoms with van der Waals surface area (Å²) in [7, 11) is -3.81. The third-order valence-electron chi connectivity index (χ3n) is 2.16. The van der Waals surface area contributed by atoms with Crippen LogP contribution in [0.1, 0.15) is 18.2 Å². The smallest absolute Gasteiger partial charge is 0.264 e. The van der Waals surface area contributed by atoms with Gasteiger partial charge in [0, 0.05) is 10.9 Å². The van der Waals surface area contributed by atoms with Crippen LogP contribution in [0.15, 0.2) is 17.5 Å². The molecule has 1 unspecified atom stereocenters. The van der Waals surface area contributed by atoms with Crippen LogP contribution in [0.5, 0.6) is 0 Å². The van der Waals surface area contributed by atoms with Gasteiger partial charge in [-0.3, -0.25) is 4.55 Å². The number of thiophene rings is 1. The minimum Gasteiger partial charge on any atom is -0.314 e. The van der Waals surface area contributed by atoms with Crippen LogP contribution in [0, 0.1) is 0 Å². The van der Waals surface area contributed by atoms with E-state index in [0.717, 1.165) is 6.42 Å². The van der Waals surface area contributed by atoms with Crippen molar-refractivity contribution in [3.05, 3.63) is 22.4 Å². The average Bonchev–Trinajstić information content (AvgIpc) is 2.63. The average molecular weight is 263 g/mol. The maximum atomic E-state index is 10.5. The lowest BCUT2D eigenvalue weighted by atomic mass is 10.2. The number of nitrogens with one attached hydrogen (secondary N) is 1. The molecule has 16 heavy (non-hydrogen) atoms. The zero-order valence-electron chi connectivity index (χ0n) is 9.22. The van der Waals surface area contributed by atoms with E-state index in [0.29, 0.717) is 19.0 Å². The van der Waals surface area contributed by atoms with Gasteiger partial charge in [-0.2, -0.15) is 8.42 Å². The molecule has 4 nitrogen and oxygen atoms in total. The highest BCUT2D eigenvalue weighted by atomic mass is 32.2. The van der Waals surface area contributed by atoms with Gasteiger partial charge in [-0.05, 0) is 37.8 Å². The van der Waals surface area contributed by atoms with Crippen LogP contribution in [-0.4, -0.2) is 31.3 Å². The molecule has 1 aromatic rings.